The van der Waals surface area contributed by atoms with Gasteiger partial charge in [0, 0.05) is 52.4 Å². The van der Waals surface area contributed by atoms with Crippen LogP contribution in [0.5, 0.6) is 0 Å². The maximum absolute atomic E-state index is 13.1. The summed E-state index contributed by atoms with van der Waals surface area (Å²) in [5.41, 5.74) is 5.37. The number of fused-ring (bicyclic) bond motifs is 1. The molecular formula is C25H20N4O2S. The number of nitrogens with zero attached hydrogens (tertiary/aromatic N) is 3. The normalized spacial score (nSPS) is 15.4. The van der Waals surface area contributed by atoms with Gasteiger partial charge in [0.25, 0.3) is 5.91 Å². The third-order valence-corrected chi connectivity index (χ3v) is 6.67. The first-order valence-electron chi connectivity index (χ1n) is 10.1. The highest BCUT2D eigenvalue weighted by Gasteiger charge is 2.28. The maximum atomic E-state index is 13.1. The lowest BCUT2D eigenvalue weighted by Crippen LogP contribution is -2.14. The second-order valence-corrected chi connectivity index (χ2v) is 8.45. The summed E-state index contributed by atoms with van der Waals surface area (Å²) in [4.78, 5) is 17.3. The van der Waals surface area contributed by atoms with Crippen LogP contribution in [0.3, 0.4) is 0 Å². The molecule has 4 aromatic rings. The molecule has 1 unspecified atom stereocenters. The van der Waals surface area contributed by atoms with Crippen LogP contribution in [0.4, 0.5) is 5.69 Å². The molecular weight excluding hydrogens is 420 g/mol. The predicted octanol–water partition coefficient (Wildman–Crippen LogP) is 5.16. The van der Waals surface area contributed by atoms with Gasteiger partial charge in [-0.2, -0.15) is 0 Å². The van der Waals surface area contributed by atoms with Gasteiger partial charge in [-0.05, 0) is 24.3 Å². The molecule has 0 bridgehead atoms. The van der Waals surface area contributed by atoms with E-state index in [4.69, 9.17) is 0 Å². The lowest BCUT2D eigenvalue weighted by molar-refractivity contribution is 0.102. The van der Waals surface area contributed by atoms with Gasteiger partial charge in [0.05, 0.1) is 5.56 Å². The molecule has 1 aliphatic rings. The summed E-state index contributed by atoms with van der Waals surface area (Å²) in [5.74, 6) is 0.593. The molecule has 0 saturated heterocycles. The lowest BCUT2D eigenvalue weighted by atomic mass is 10.0. The van der Waals surface area contributed by atoms with Crippen molar-refractivity contribution < 1.29 is 10.0 Å². The summed E-state index contributed by atoms with van der Waals surface area (Å²) in [6.45, 7) is 0. The molecule has 2 aromatic heterocycles. The Bertz CT molecular complexity index is 1290. The van der Waals surface area contributed by atoms with Gasteiger partial charge < -0.3 is 15.1 Å². The molecule has 0 aliphatic carbocycles. The Morgan fingerprint density at radius 3 is 2.69 bits per heavy atom. The monoisotopic (exact) mass is 440 g/mol. The fraction of sp³-hybridized carbons (Fsp3) is 0.0800. The summed E-state index contributed by atoms with van der Waals surface area (Å²) in [5, 5.41) is 16.2. The van der Waals surface area contributed by atoms with E-state index in [1.54, 1.807) is 18.0 Å². The number of thioether (sulfide) groups is 1. The number of carbonyl (C=O) groups excluding carboxylic acids is 1. The molecule has 7 heteroatoms. The van der Waals surface area contributed by atoms with Crippen LogP contribution in [0, 0.1) is 0 Å². The van der Waals surface area contributed by atoms with E-state index in [0.29, 0.717) is 22.5 Å². The van der Waals surface area contributed by atoms with E-state index in [1.165, 1.54) is 0 Å². The van der Waals surface area contributed by atoms with Gasteiger partial charge in [-0.25, -0.2) is 0 Å². The van der Waals surface area contributed by atoms with Crippen LogP contribution in [-0.4, -0.2) is 26.4 Å². The highest BCUT2D eigenvalue weighted by atomic mass is 32.2. The van der Waals surface area contributed by atoms with E-state index >= 15 is 0 Å². The zero-order chi connectivity index (χ0) is 21.9. The van der Waals surface area contributed by atoms with E-state index in [2.05, 4.69) is 26.1 Å². The Hall–Kier alpha value is -3.84. The zero-order valence-electron chi connectivity index (χ0n) is 17.1. The van der Waals surface area contributed by atoms with E-state index < -0.39 is 0 Å². The molecule has 5 rings (SSSR count). The van der Waals surface area contributed by atoms with Gasteiger partial charge in [-0.3, -0.25) is 9.78 Å². The van der Waals surface area contributed by atoms with Crippen molar-refractivity contribution in [3.05, 3.63) is 119 Å². The number of oxime groups is 1. The van der Waals surface area contributed by atoms with Gasteiger partial charge in [-0.1, -0.05) is 53.7 Å². The van der Waals surface area contributed by atoms with Crippen molar-refractivity contribution >= 4 is 29.1 Å². The fourth-order valence-corrected chi connectivity index (χ4v) is 5.21. The smallest absolute Gasteiger partial charge is 0.257 e. The predicted molar refractivity (Wildman–Crippen MR) is 126 cm³/mol. The summed E-state index contributed by atoms with van der Waals surface area (Å²) in [6, 6.07) is 22.6. The quantitative estimate of drug-likeness (QED) is 0.255. The van der Waals surface area contributed by atoms with Gasteiger partial charge in [0.15, 0.2) is 0 Å². The van der Waals surface area contributed by atoms with Crippen LogP contribution in [0.1, 0.15) is 38.1 Å². The Morgan fingerprint density at radius 2 is 1.91 bits per heavy atom. The van der Waals surface area contributed by atoms with Gasteiger partial charge in [-0.15, -0.1) is 11.8 Å². The summed E-state index contributed by atoms with van der Waals surface area (Å²) >= 11 is 1.78. The van der Waals surface area contributed by atoms with E-state index in [9.17, 15) is 10.0 Å². The Morgan fingerprint density at radius 1 is 1.06 bits per heavy atom. The van der Waals surface area contributed by atoms with Crippen molar-refractivity contribution in [2.24, 2.45) is 5.16 Å². The zero-order valence-corrected chi connectivity index (χ0v) is 17.9. The van der Waals surface area contributed by atoms with E-state index in [1.807, 2.05) is 79.1 Å². The van der Waals surface area contributed by atoms with Crippen LogP contribution in [0.2, 0.25) is 0 Å². The first-order chi connectivity index (χ1) is 15.7. The SMILES string of the molecule is O=C(Nc1cccc(/C(=N/O)c2ccccc2)c1)c1ccn2c1CSC2c1cccnc1. The molecule has 0 saturated carbocycles. The molecule has 32 heavy (non-hydrogen) atoms. The molecule has 0 fully saturated rings. The van der Waals surface area contributed by atoms with Crippen molar-refractivity contribution in [2.75, 3.05) is 5.32 Å². The molecule has 6 nitrogen and oxygen atoms in total. The fourth-order valence-electron chi connectivity index (χ4n) is 3.90. The Balaban J connectivity index is 1.38. The average molecular weight is 441 g/mol. The highest BCUT2D eigenvalue weighted by molar-refractivity contribution is 7.99. The number of pyridine rings is 1. The average Bonchev–Trinajstić information content (AvgIpc) is 3.44. The van der Waals surface area contributed by atoms with Crippen LogP contribution in [0.25, 0.3) is 0 Å². The second-order valence-electron chi connectivity index (χ2n) is 7.38. The number of aromatic nitrogens is 2. The number of carbonyl (C=O) groups is 1. The molecule has 1 aliphatic heterocycles. The Labute approximate surface area is 189 Å². The largest absolute Gasteiger partial charge is 0.410 e. The highest BCUT2D eigenvalue weighted by Crippen LogP contribution is 2.41. The van der Waals surface area contributed by atoms with Crippen LogP contribution in [0.15, 0.2) is 96.5 Å². The summed E-state index contributed by atoms with van der Waals surface area (Å²) in [7, 11) is 0. The molecule has 2 N–H and O–H groups in total. The van der Waals surface area contributed by atoms with Crippen molar-refractivity contribution in [3.63, 3.8) is 0 Å². The van der Waals surface area contributed by atoms with Crippen molar-refractivity contribution in [1.82, 2.24) is 9.55 Å². The molecule has 1 atom stereocenters. The molecule has 1 amide bonds. The molecule has 2 aromatic carbocycles. The van der Waals surface area contributed by atoms with Crippen LogP contribution >= 0.6 is 11.8 Å². The number of hydrogen-bond acceptors (Lipinski definition) is 5. The van der Waals surface area contributed by atoms with Crippen molar-refractivity contribution in [2.45, 2.75) is 11.1 Å². The molecule has 3 heterocycles. The number of rotatable bonds is 5. The number of amides is 1. The van der Waals surface area contributed by atoms with Gasteiger partial charge >= 0.3 is 0 Å². The minimum Gasteiger partial charge on any atom is -0.410 e. The third-order valence-electron chi connectivity index (χ3n) is 5.41. The second kappa shape index (κ2) is 8.72. The van der Waals surface area contributed by atoms with Crippen molar-refractivity contribution in [1.29, 1.82) is 0 Å². The molecule has 0 radical (unpaired) electrons. The number of benzene rings is 2. The van der Waals surface area contributed by atoms with Crippen molar-refractivity contribution in [3.8, 4) is 0 Å². The topological polar surface area (TPSA) is 79.5 Å². The van der Waals surface area contributed by atoms with Crippen LogP contribution in [-0.2, 0) is 5.75 Å². The lowest BCUT2D eigenvalue weighted by Gasteiger charge is -2.12. The van der Waals surface area contributed by atoms with E-state index in [0.717, 1.165) is 22.6 Å². The van der Waals surface area contributed by atoms with Crippen LogP contribution < -0.4 is 5.32 Å². The number of nitrogens with one attached hydrogen (secondary N) is 1. The number of anilines is 1. The minimum absolute atomic E-state index is 0.123. The first kappa shape index (κ1) is 20.1. The molecule has 158 valence electrons. The maximum Gasteiger partial charge on any atom is 0.257 e. The van der Waals surface area contributed by atoms with E-state index in [-0.39, 0.29) is 11.3 Å². The Kier molecular flexibility index (Phi) is 5.47. The number of hydrogen-bond donors (Lipinski definition) is 2. The minimum atomic E-state index is -0.162. The summed E-state index contributed by atoms with van der Waals surface area (Å²) < 4.78 is 2.14. The molecule has 0 spiro atoms. The van der Waals surface area contributed by atoms with Gasteiger partial charge in [0.1, 0.15) is 11.1 Å². The first-order valence-corrected chi connectivity index (χ1v) is 11.2. The third kappa shape index (κ3) is 3.78. The van der Waals surface area contributed by atoms with Gasteiger partial charge in [0.2, 0.25) is 0 Å². The standard InChI is InChI=1S/C25H20N4O2S/c30-24(21-11-13-29-22(21)16-32-25(29)19-9-5-12-26-15-19)27-20-10-4-8-18(14-20)23(28-31)17-6-2-1-3-7-17/h1-15,25,31H,16H2,(H,27,30)/b28-23+. The summed E-state index contributed by atoms with van der Waals surface area (Å²) in [6.07, 6.45) is 5.59.